The molecule has 0 N–H and O–H groups in total. The normalized spacial score (nSPS) is 10.7. The predicted octanol–water partition coefficient (Wildman–Crippen LogP) is 1.46. The van der Waals surface area contributed by atoms with E-state index < -0.39 is 5.97 Å². The maximum Gasteiger partial charge on any atom is 0.334 e. The second-order valence-corrected chi connectivity index (χ2v) is 2.96. The van der Waals surface area contributed by atoms with Gasteiger partial charge in [0.15, 0.2) is 12.0 Å². The molecule has 0 spiro atoms. The van der Waals surface area contributed by atoms with E-state index in [1.165, 1.54) is 7.11 Å². The van der Waals surface area contributed by atoms with Crippen molar-refractivity contribution in [3.8, 4) is 0 Å². The summed E-state index contributed by atoms with van der Waals surface area (Å²) in [6.45, 7) is 0.238. The van der Waals surface area contributed by atoms with E-state index in [9.17, 15) is 9.59 Å². The van der Waals surface area contributed by atoms with Crippen molar-refractivity contribution < 1.29 is 19.1 Å². The summed E-state index contributed by atoms with van der Waals surface area (Å²) in [7, 11) is 1.23. The molecule has 0 aliphatic carbocycles. The van der Waals surface area contributed by atoms with Crippen LogP contribution < -0.4 is 0 Å². The van der Waals surface area contributed by atoms with Gasteiger partial charge in [0.2, 0.25) is 0 Å². The lowest BCUT2D eigenvalue weighted by molar-refractivity contribution is -0.135. The van der Waals surface area contributed by atoms with Crippen LogP contribution in [0.4, 0.5) is 0 Å². The van der Waals surface area contributed by atoms with Gasteiger partial charge in [-0.15, -0.1) is 0 Å². The third-order valence-corrected chi connectivity index (χ3v) is 1.83. The molecular weight excluding hydrogens is 208 g/mol. The molecule has 1 aromatic carbocycles. The summed E-state index contributed by atoms with van der Waals surface area (Å²) in [6.07, 6.45) is 1.48. The SMILES string of the molecule is COC(=O)/C=C(\C=O)OCc1ccccc1. The van der Waals surface area contributed by atoms with Crippen LogP contribution in [0, 0.1) is 0 Å². The van der Waals surface area contributed by atoms with Crippen molar-refractivity contribution in [1.82, 2.24) is 0 Å². The standard InChI is InChI=1S/C12H12O4/c1-15-12(14)7-11(8-13)16-9-10-5-3-2-4-6-10/h2-8H,9H2,1H3/b11-7+. The summed E-state index contributed by atoms with van der Waals surface area (Å²) in [5.74, 6) is -0.661. The lowest BCUT2D eigenvalue weighted by Gasteiger charge is -2.04. The highest BCUT2D eigenvalue weighted by atomic mass is 16.5. The average molecular weight is 220 g/mol. The molecule has 0 aliphatic rings. The molecule has 0 amide bonds. The number of hydrogen-bond acceptors (Lipinski definition) is 4. The van der Waals surface area contributed by atoms with Gasteiger partial charge in [-0.25, -0.2) is 4.79 Å². The molecular formula is C12H12O4. The van der Waals surface area contributed by atoms with Gasteiger partial charge in [-0.3, -0.25) is 4.79 Å². The van der Waals surface area contributed by atoms with Gasteiger partial charge in [-0.2, -0.15) is 0 Å². The number of aldehydes is 1. The summed E-state index contributed by atoms with van der Waals surface area (Å²) in [4.78, 5) is 21.4. The minimum Gasteiger partial charge on any atom is -0.485 e. The number of benzene rings is 1. The van der Waals surface area contributed by atoms with E-state index in [4.69, 9.17) is 4.74 Å². The summed E-state index contributed by atoms with van der Waals surface area (Å²) in [5.41, 5.74) is 0.917. The van der Waals surface area contributed by atoms with Crippen LogP contribution in [0.5, 0.6) is 0 Å². The molecule has 1 rings (SSSR count). The Labute approximate surface area is 93.5 Å². The van der Waals surface area contributed by atoms with Crippen LogP contribution in [0.25, 0.3) is 0 Å². The topological polar surface area (TPSA) is 52.6 Å². The van der Waals surface area contributed by atoms with E-state index in [-0.39, 0.29) is 12.4 Å². The van der Waals surface area contributed by atoms with Crippen LogP contribution in [0.1, 0.15) is 5.56 Å². The highest BCUT2D eigenvalue weighted by molar-refractivity contribution is 5.88. The number of carbonyl (C=O) groups is 2. The number of carbonyl (C=O) groups excluding carboxylic acids is 2. The van der Waals surface area contributed by atoms with Crippen molar-refractivity contribution in [2.24, 2.45) is 0 Å². The Kier molecular flexibility index (Phi) is 4.79. The molecule has 0 aliphatic heterocycles. The molecule has 4 nitrogen and oxygen atoms in total. The summed E-state index contributed by atoms with van der Waals surface area (Å²) >= 11 is 0. The van der Waals surface area contributed by atoms with Gasteiger partial charge in [-0.1, -0.05) is 30.3 Å². The van der Waals surface area contributed by atoms with Crippen LogP contribution in [0.3, 0.4) is 0 Å². The lowest BCUT2D eigenvalue weighted by Crippen LogP contribution is -2.01. The van der Waals surface area contributed by atoms with Crippen molar-refractivity contribution in [3.05, 3.63) is 47.7 Å². The fourth-order valence-electron chi connectivity index (χ4n) is 1.03. The number of allylic oxidation sites excluding steroid dienone is 1. The lowest BCUT2D eigenvalue weighted by atomic mass is 10.2. The van der Waals surface area contributed by atoms with Gasteiger partial charge in [0.25, 0.3) is 0 Å². The van der Waals surface area contributed by atoms with Crippen molar-refractivity contribution in [1.29, 1.82) is 0 Å². The van der Waals surface area contributed by atoms with Crippen LogP contribution in [-0.2, 0) is 25.7 Å². The fourth-order valence-corrected chi connectivity index (χ4v) is 1.03. The smallest absolute Gasteiger partial charge is 0.334 e. The number of hydrogen-bond donors (Lipinski definition) is 0. The molecule has 1 aromatic rings. The van der Waals surface area contributed by atoms with Gasteiger partial charge < -0.3 is 9.47 Å². The highest BCUT2D eigenvalue weighted by Crippen LogP contribution is 2.04. The summed E-state index contributed by atoms with van der Waals surface area (Å²) in [5, 5.41) is 0. The third-order valence-electron chi connectivity index (χ3n) is 1.83. The first-order valence-corrected chi connectivity index (χ1v) is 4.68. The zero-order valence-electron chi connectivity index (χ0n) is 8.88. The number of rotatable bonds is 5. The molecule has 0 bridgehead atoms. The zero-order chi connectivity index (χ0) is 11.8. The quantitative estimate of drug-likeness (QED) is 0.326. The Hall–Kier alpha value is -2.10. The van der Waals surface area contributed by atoms with Crippen molar-refractivity contribution in [2.45, 2.75) is 6.61 Å². The third kappa shape index (κ3) is 3.96. The fraction of sp³-hybridized carbons (Fsp3) is 0.167. The molecule has 0 aromatic heterocycles. The molecule has 0 atom stereocenters. The first kappa shape index (κ1) is 12.0. The number of esters is 1. The first-order valence-electron chi connectivity index (χ1n) is 4.68. The molecule has 0 saturated carbocycles. The van der Waals surface area contributed by atoms with Crippen LogP contribution in [0.2, 0.25) is 0 Å². The van der Waals surface area contributed by atoms with Crippen LogP contribution in [-0.4, -0.2) is 19.4 Å². The second kappa shape index (κ2) is 6.40. The van der Waals surface area contributed by atoms with Crippen LogP contribution in [0.15, 0.2) is 42.2 Å². The average Bonchev–Trinajstić information content (AvgIpc) is 2.35. The summed E-state index contributed by atoms with van der Waals surface area (Å²) in [6, 6.07) is 9.34. The highest BCUT2D eigenvalue weighted by Gasteiger charge is 2.02. The Morgan fingerprint density at radius 1 is 1.31 bits per heavy atom. The number of methoxy groups -OCH3 is 1. The zero-order valence-corrected chi connectivity index (χ0v) is 8.88. The largest absolute Gasteiger partial charge is 0.485 e. The van der Waals surface area contributed by atoms with Crippen molar-refractivity contribution >= 4 is 12.3 Å². The molecule has 0 radical (unpaired) electrons. The van der Waals surface area contributed by atoms with E-state index in [1.54, 1.807) is 0 Å². The van der Waals surface area contributed by atoms with Gasteiger partial charge >= 0.3 is 5.97 Å². The summed E-state index contributed by atoms with van der Waals surface area (Å²) < 4.78 is 9.52. The Bertz CT molecular complexity index is 381. The van der Waals surface area contributed by atoms with E-state index in [0.29, 0.717) is 6.29 Å². The molecule has 4 heteroatoms. The molecule has 0 heterocycles. The maximum absolute atomic E-state index is 10.9. The predicted molar refractivity (Wildman–Crippen MR) is 57.4 cm³/mol. The van der Waals surface area contributed by atoms with E-state index in [2.05, 4.69) is 4.74 Å². The Morgan fingerprint density at radius 3 is 2.56 bits per heavy atom. The van der Waals surface area contributed by atoms with Gasteiger partial charge in [0, 0.05) is 0 Å². The second-order valence-electron chi connectivity index (χ2n) is 2.96. The van der Waals surface area contributed by atoms with E-state index >= 15 is 0 Å². The van der Waals surface area contributed by atoms with Crippen molar-refractivity contribution in [3.63, 3.8) is 0 Å². The maximum atomic E-state index is 10.9. The minimum absolute atomic E-state index is 0.0456. The van der Waals surface area contributed by atoms with Crippen molar-refractivity contribution in [2.75, 3.05) is 7.11 Å². The van der Waals surface area contributed by atoms with Gasteiger partial charge in [0.05, 0.1) is 13.2 Å². The van der Waals surface area contributed by atoms with E-state index in [0.717, 1.165) is 11.6 Å². The number of ether oxygens (including phenoxy) is 2. The van der Waals surface area contributed by atoms with Gasteiger partial charge in [0.1, 0.15) is 6.61 Å². The molecule has 0 unspecified atom stereocenters. The Balaban J connectivity index is 2.56. The molecule has 84 valence electrons. The van der Waals surface area contributed by atoms with E-state index in [1.807, 2.05) is 30.3 Å². The molecule has 0 saturated heterocycles. The minimum atomic E-state index is -0.616. The van der Waals surface area contributed by atoms with Crippen LogP contribution >= 0.6 is 0 Å². The molecule has 16 heavy (non-hydrogen) atoms. The molecule has 0 fully saturated rings. The monoisotopic (exact) mass is 220 g/mol. The first-order chi connectivity index (χ1) is 7.76. The van der Waals surface area contributed by atoms with Gasteiger partial charge in [-0.05, 0) is 5.56 Å². The Morgan fingerprint density at radius 2 is 2.00 bits per heavy atom.